The van der Waals surface area contributed by atoms with Crippen LogP contribution in [-0.4, -0.2) is 24.6 Å². The van der Waals surface area contributed by atoms with E-state index in [0.717, 1.165) is 38.9 Å². The van der Waals surface area contributed by atoms with Gasteiger partial charge < -0.3 is 10.2 Å². The molecule has 0 bridgehead atoms. The van der Waals surface area contributed by atoms with Gasteiger partial charge >= 0.3 is 0 Å². The third-order valence-corrected chi connectivity index (χ3v) is 4.01. The van der Waals surface area contributed by atoms with Gasteiger partial charge in [0.05, 0.1) is 0 Å². The number of nitrogens with zero attached hydrogens (tertiary/aromatic N) is 2. The summed E-state index contributed by atoms with van der Waals surface area (Å²) in [6, 6.07) is 1.77. The Labute approximate surface area is 129 Å². The van der Waals surface area contributed by atoms with E-state index in [4.69, 9.17) is 0 Å². The minimum Gasteiger partial charge on any atom is -0.354 e. The van der Waals surface area contributed by atoms with E-state index in [1.807, 2.05) is 0 Å². The maximum atomic E-state index is 14.7. The van der Waals surface area contributed by atoms with Gasteiger partial charge in [0.2, 0.25) is 0 Å². The number of aromatic nitrogens is 1. The Morgan fingerprint density at radius 3 is 2.52 bits per heavy atom. The number of pyridine rings is 1. The van der Waals surface area contributed by atoms with Crippen LogP contribution in [0, 0.1) is 11.7 Å². The number of nitrogens with one attached hydrogen (secondary N) is 1. The number of hydrogen-bond donors (Lipinski definition) is 1. The fourth-order valence-corrected chi connectivity index (χ4v) is 2.45. The van der Waals surface area contributed by atoms with E-state index in [1.54, 1.807) is 12.3 Å². The van der Waals surface area contributed by atoms with E-state index in [2.05, 4.69) is 42.9 Å². The smallest absolute Gasteiger partial charge is 0.170 e. The minimum atomic E-state index is -0.172. The molecule has 0 atom stereocenters. The fraction of sp³-hybridized carbons (Fsp3) is 0.706. The standard InChI is InChI=1S/C17H30FN3/c1-5-10-19-12-15-9-11-20-17(16(15)18)21(8-4)13-14(6-2)7-3/h9,11,14,19H,5-8,10,12-13H2,1-4H3. The Balaban J connectivity index is 2.86. The fourth-order valence-electron chi connectivity index (χ4n) is 2.45. The molecule has 4 heteroatoms. The highest BCUT2D eigenvalue weighted by Gasteiger charge is 2.17. The van der Waals surface area contributed by atoms with Crippen molar-refractivity contribution in [2.24, 2.45) is 5.92 Å². The Kier molecular flexibility index (Phi) is 8.28. The first kappa shape index (κ1) is 17.9. The highest BCUT2D eigenvalue weighted by Crippen LogP contribution is 2.22. The highest BCUT2D eigenvalue weighted by atomic mass is 19.1. The van der Waals surface area contributed by atoms with Crippen molar-refractivity contribution in [1.29, 1.82) is 0 Å². The molecule has 0 radical (unpaired) electrons. The van der Waals surface area contributed by atoms with Crippen LogP contribution in [0.2, 0.25) is 0 Å². The summed E-state index contributed by atoms with van der Waals surface area (Å²) in [6.07, 6.45) is 5.00. The lowest BCUT2D eigenvalue weighted by atomic mass is 10.0. The second-order valence-corrected chi connectivity index (χ2v) is 5.51. The zero-order chi connectivity index (χ0) is 15.7. The zero-order valence-electron chi connectivity index (χ0n) is 14.0. The minimum absolute atomic E-state index is 0.172. The van der Waals surface area contributed by atoms with Gasteiger partial charge in [-0.1, -0.05) is 33.6 Å². The predicted octanol–water partition coefficient (Wildman–Crippen LogP) is 3.98. The molecular weight excluding hydrogens is 265 g/mol. The van der Waals surface area contributed by atoms with Gasteiger partial charge in [-0.3, -0.25) is 0 Å². The average molecular weight is 295 g/mol. The normalized spacial score (nSPS) is 11.1. The molecule has 0 saturated heterocycles. The van der Waals surface area contributed by atoms with E-state index in [0.29, 0.717) is 23.8 Å². The van der Waals surface area contributed by atoms with Crippen molar-refractivity contribution in [2.45, 2.75) is 53.5 Å². The first-order valence-electron chi connectivity index (χ1n) is 8.26. The van der Waals surface area contributed by atoms with Gasteiger partial charge in [-0.2, -0.15) is 0 Å². The summed E-state index contributed by atoms with van der Waals surface area (Å²) in [5.74, 6) is 0.919. The summed E-state index contributed by atoms with van der Waals surface area (Å²) in [7, 11) is 0. The maximum Gasteiger partial charge on any atom is 0.170 e. The van der Waals surface area contributed by atoms with Crippen molar-refractivity contribution < 1.29 is 4.39 Å². The first-order valence-corrected chi connectivity index (χ1v) is 8.26. The van der Waals surface area contributed by atoms with Crippen LogP contribution in [0.3, 0.4) is 0 Å². The summed E-state index contributed by atoms with van der Waals surface area (Å²) in [5.41, 5.74) is 0.705. The van der Waals surface area contributed by atoms with Crippen molar-refractivity contribution in [3.05, 3.63) is 23.6 Å². The van der Waals surface area contributed by atoms with Crippen LogP contribution in [0.15, 0.2) is 12.3 Å². The topological polar surface area (TPSA) is 28.2 Å². The molecule has 0 aliphatic carbocycles. The quantitative estimate of drug-likeness (QED) is 0.662. The van der Waals surface area contributed by atoms with Gasteiger partial charge in [-0.05, 0) is 31.9 Å². The van der Waals surface area contributed by atoms with Crippen molar-refractivity contribution in [3.8, 4) is 0 Å². The van der Waals surface area contributed by atoms with Crippen molar-refractivity contribution >= 4 is 5.82 Å². The number of anilines is 1. The van der Waals surface area contributed by atoms with E-state index in [-0.39, 0.29) is 5.82 Å². The zero-order valence-corrected chi connectivity index (χ0v) is 14.0. The molecule has 120 valence electrons. The maximum absolute atomic E-state index is 14.7. The summed E-state index contributed by atoms with van der Waals surface area (Å²) in [6.45, 7) is 11.7. The van der Waals surface area contributed by atoms with Crippen LogP contribution >= 0.6 is 0 Å². The van der Waals surface area contributed by atoms with Crippen molar-refractivity contribution in [2.75, 3.05) is 24.5 Å². The molecule has 0 aliphatic heterocycles. The Morgan fingerprint density at radius 1 is 1.24 bits per heavy atom. The highest BCUT2D eigenvalue weighted by molar-refractivity contribution is 5.43. The Hall–Kier alpha value is -1.16. The summed E-state index contributed by atoms with van der Waals surface area (Å²) >= 11 is 0. The van der Waals surface area contributed by atoms with Gasteiger partial charge in [0.1, 0.15) is 0 Å². The molecule has 0 aliphatic rings. The molecule has 0 saturated carbocycles. The van der Waals surface area contributed by atoms with Crippen molar-refractivity contribution in [1.82, 2.24) is 10.3 Å². The molecule has 0 fully saturated rings. The van der Waals surface area contributed by atoms with Crippen LogP contribution < -0.4 is 10.2 Å². The summed E-state index contributed by atoms with van der Waals surface area (Å²) in [4.78, 5) is 6.35. The molecule has 3 nitrogen and oxygen atoms in total. The summed E-state index contributed by atoms with van der Waals surface area (Å²) in [5, 5.41) is 3.25. The van der Waals surface area contributed by atoms with Gasteiger partial charge in [-0.25, -0.2) is 9.37 Å². The lowest BCUT2D eigenvalue weighted by Crippen LogP contribution is -2.31. The largest absolute Gasteiger partial charge is 0.354 e. The number of halogens is 1. The van der Waals surface area contributed by atoms with E-state index >= 15 is 0 Å². The number of hydrogen-bond acceptors (Lipinski definition) is 3. The molecule has 1 heterocycles. The van der Waals surface area contributed by atoms with Crippen molar-refractivity contribution in [3.63, 3.8) is 0 Å². The molecule has 1 aromatic rings. The van der Waals surface area contributed by atoms with Crippen LogP contribution in [0.4, 0.5) is 10.2 Å². The van der Waals surface area contributed by atoms with Gasteiger partial charge in [-0.15, -0.1) is 0 Å². The Bertz CT molecular complexity index is 405. The average Bonchev–Trinajstić information content (AvgIpc) is 2.51. The molecular formula is C17H30FN3. The van der Waals surface area contributed by atoms with Gasteiger partial charge in [0.15, 0.2) is 11.6 Å². The van der Waals surface area contributed by atoms with Gasteiger partial charge in [0, 0.05) is 31.4 Å². The SMILES string of the molecule is CCCNCc1ccnc(N(CC)CC(CC)CC)c1F. The summed E-state index contributed by atoms with van der Waals surface area (Å²) < 4.78 is 14.7. The van der Waals surface area contributed by atoms with Gasteiger partial charge in [0.25, 0.3) is 0 Å². The van der Waals surface area contributed by atoms with E-state index in [9.17, 15) is 4.39 Å². The van der Waals surface area contributed by atoms with Crippen LogP contribution in [-0.2, 0) is 6.54 Å². The third kappa shape index (κ3) is 5.27. The Morgan fingerprint density at radius 2 is 1.95 bits per heavy atom. The molecule has 0 amide bonds. The van der Waals surface area contributed by atoms with E-state index in [1.165, 1.54) is 0 Å². The molecule has 0 spiro atoms. The molecule has 1 rings (SSSR count). The molecule has 1 N–H and O–H groups in total. The van der Waals surface area contributed by atoms with Crippen LogP contribution in [0.5, 0.6) is 0 Å². The van der Waals surface area contributed by atoms with Crippen LogP contribution in [0.1, 0.15) is 52.5 Å². The molecule has 0 unspecified atom stereocenters. The second kappa shape index (κ2) is 9.72. The first-order chi connectivity index (χ1) is 10.2. The van der Waals surface area contributed by atoms with E-state index < -0.39 is 0 Å². The third-order valence-electron chi connectivity index (χ3n) is 4.01. The molecule has 0 aromatic carbocycles. The number of rotatable bonds is 10. The molecule has 1 aromatic heterocycles. The predicted molar refractivity (Wildman–Crippen MR) is 88.2 cm³/mol. The lowest BCUT2D eigenvalue weighted by molar-refractivity contribution is 0.478. The lowest BCUT2D eigenvalue weighted by Gasteiger charge is -2.27. The van der Waals surface area contributed by atoms with Crippen LogP contribution in [0.25, 0.3) is 0 Å². The second-order valence-electron chi connectivity index (χ2n) is 5.51. The monoisotopic (exact) mass is 295 g/mol. The molecule has 21 heavy (non-hydrogen) atoms.